The van der Waals surface area contributed by atoms with E-state index in [4.69, 9.17) is 4.74 Å². The van der Waals surface area contributed by atoms with Gasteiger partial charge < -0.3 is 10.1 Å². The number of nitrogens with zero attached hydrogens (tertiary/aromatic N) is 2. The van der Waals surface area contributed by atoms with E-state index in [9.17, 15) is 4.79 Å². The van der Waals surface area contributed by atoms with E-state index in [1.165, 1.54) is 23.3 Å². The van der Waals surface area contributed by atoms with Crippen molar-refractivity contribution < 1.29 is 9.53 Å². The second-order valence-electron chi connectivity index (χ2n) is 2.88. The Labute approximate surface area is 103 Å². The predicted molar refractivity (Wildman–Crippen MR) is 66.9 cm³/mol. The van der Waals surface area contributed by atoms with Crippen molar-refractivity contribution in [2.45, 2.75) is 19.6 Å². The minimum atomic E-state index is -0.180. The van der Waals surface area contributed by atoms with Crippen LogP contribution in [0.25, 0.3) is 0 Å². The maximum Gasteiger partial charge on any atom is 0.315 e. The predicted octanol–water partition coefficient (Wildman–Crippen LogP) is 1.77. The molecule has 0 aliphatic rings. The number of esters is 1. The molecule has 0 aromatic carbocycles. The number of rotatable bonds is 7. The third-order valence-corrected chi connectivity index (χ3v) is 3.30. The van der Waals surface area contributed by atoms with E-state index < -0.39 is 0 Å². The average Bonchev–Trinajstić information content (AvgIpc) is 2.67. The van der Waals surface area contributed by atoms with Crippen LogP contribution in [0.4, 0.5) is 5.00 Å². The van der Waals surface area contributed by atoms with Crippen molar-refractivity contribution in [1.29, 1.82) is 0 Å². The molecule has 0 radical (unpaired) electrons. The molecule has 0 saturated heterocycles. The zero-order valence-electron chi connectivity index (χ0n) is 9.36. The standard InChI is InChI=1S/C9H15N3O2S2/c1-3-10-9-7(11-12-16-9)5-15-6-8(13)14-4-2/h10H,3-6H2,1-2H3. The molecular formula is C9H15N3O2S2. The Morgan fingerprint density at radius 2 is 2.38 bits per heavy atom. The fourth-order valence-corrected chi connectivity index (χ4v) is 2.52. The van der Waals surface area contributed by atoms with Gasteiger partial charge in [-0.05, 0) is 13.8 Å². The molecule has 0 saturated carbocycles. The highest BCUT2D eigenvalue weighted by molar-refractivity contribution is 7.99. The summed E-state index contributed by atoms with van der Waals surface area (Å²) in [5.74, 6) is 0.856. The van der Waals surface area contributed by atoms with Gasteiger partial charge in [-0.15, -0.1) is 16.9 Å². The number of hydrogen-bond donors (Lipinski definition) is 1. The maximum absolute atomic E-state index is 11.1. The van der Waals surface area contributed by atoms with Crippen molar-refractivity contribution in [3.05, 3.63) is 5.69 Å². The van der Waals surface area contributed by atoms with Crippen LogP contribution in [0.1, 0.15) is 19.5 Å². The molecule has 90 valence electrons. The zero-order chi connectivity index (χ0) is 11.8. The third-order valence-electron chi connectivity index (χ3n) is 1.66. The third kappa shape index (κ3) is 4.36. The van der Waals surface area contributed by atoms with Crippen molar-refractivity contribution in [3.8, 4) is 0 Å². The Bertz CT molecular complexity index is 330. The summed E-state index contributed by atoms with van der Waals surface area (Å²) >= 11 is 2.83. The fourth-order valence-electron chi connectivity index (χ4n) is 1.03. The normalized spacial score (nSPS) is 10.1. The minimum absolute atomic E-state index is 0.180. The molecule has 1 aromatic heterocycles. The van der Waals surface area contributed by atoms with E-state index in [2.05, 4.69) is 14.9 Å². The molecule has 7 heteroatoms. The lowest BCUT2D eigenvalue weighted by Gasteiger charge is -2.02. The van der Waals surface area contributed by atoms with Crippen molar-refractivity contribution >= 4 is 34.3 Å². The Balaban J connectivity index is 2.31. The van der Waals surface area contributed by atoms with Gasteiger partial charge in [-0.3, -0.25) is 4.79 Å². The van der Waals surface area contributed by atoms with E-state index in [1.54, 1.807) is 6.92 Å². The van der Waals surface area contributed by atoms with Crippen molar-refractivity contribution in [2.24, 2.45) is 0 Å². The first-order valence-electron chi connectivity index (χ1n) is 5.06. The maximum atomic E-state index is 11.1. The Kier molecular flexibility index (Phi) is 6.17. The van der Waals surface area contributed by atoms with E-state index in [-0.39, 0.29) is 5.97 Å². The van der Waals surface area contributed by atoms with Crippen LogP contribution >= 0.6 is 23.3 Å². The highest BCUT2D eigenvalue weighted by Gasteiger charge is 2.08. The molecule has 1 N–H and O–H groups in total. The van der Waals surface area contributed by atoms with Gasteiger partial charge in [-0.2, -0.15) is 0 Å². The van der Waals surface area contributed by atoms with Crippen LogP contribution in [0.15, 0.2) is 0 Å². The smallest absolute Gasteiger partial charge is 0.315 e. The molecule has 1 heterocycles. The van der Waals surface area contributed by atoms with E-state index in [0.29, 0.717) is 18.1 Å². The summed E-state index contributed by atoms with van der Waals surface area (Å²) in [6, 6.07) is 0. The lowest BCUT2D eigenvalue weighted by molar-refractivity contribution is -0.139. The molecule has 0 bridgehead atoms. The highest BCUT2D eigenvalue weighted by Crippen LogP contribution is 2.22. The van der Waals surface area contributed by atoms with Crippen LogP contribution < -0.4 is 5.32 Å². The summed E-state index contributed by atoms with van der Waals surface area (Å²) in [5, 5.41) is 8.18. The van der Waals surface area contributed by atoms with Gasteiger partial charge in [0.05, 0.1) is 12.4 Å². The number of thioether (sulfide) groups is 1. The molecule has 0 fully saturated rings. The SMILES string of the molecule is CCNc1snnc1CSCC(=O)OCC. The van der Waals surface area contributed by atoms with Crippen LogP contribution in [0.5, 0.6) is 0 Å². The molecule has 0 atom stereocenters. The summed E-state index contributed by atoms with van der Waals surface area (Å²) < 4.78 is 8.70. The quantitative estimate of drug-likeness (QED) is 0.755. The molecule has 0 unspecified atom stereocenters. The lowest BCUT2D eigenvalue weighted by Crippen LogP contribution is -2.07. The average molecular weight is 261 g/mol. The Morgan fingerprint density at radius 1 is 1.56 bits per heavy atom. The monoisotopic (exact) mass is 261 g/mol. The Morgan fingerprint density at radius 3 is 3.06 bits per heavy atom. The molecule has 0 aliphatic carbocycles. The first-order valence-corrected chi connectivity index (χ1v) is 6.99. The summed E-state index contributed by atoms with van der Waals surface area (Å²) in [6.45, 7) is 5.10. The fraction of sp³-hybridized carbons (Fsp3) is 0.667. The minimum Gasteiger partial charge on any atom is -0.465 e. The molecule has 0 amide bonds. The van der Waals surface area contributed by atoms with E-state index in [1.807, 2.05) is 6.92 Å². The van der Waals surface area contributed by atoms with Gasteiger partial charge in [0.25, 0.3) is 0 Å². The first kappa shape index (κ1) is 13.2. The molecule has 1 aromatic rings. The molecule has 0 aliphatic heterocycles. The number of nitrogens with one attached hydrogen (secondary N) is 1. The second-order valence-corrected chi connectivity index (χ2v) is 4.62. The first-order chi connectivity index (χ1) is 7.77. The van der Waals surface area contributed by atoms with Crippen LogP contribution in [0.2, 0.25) is 0 Å². The topological polar surface area (TPSA) is 64.1 Å². The molecular weight excluding hydrogens is 246 g/mol. The van der Waals surface area contributed by atoms with Gasteiger partial charge in [0.2, 0.25) is 0 Å². The number of hydrogen-bond acceptors (Lipinski definition) is 7. The molecule has 16 heavy (non-hydrogen) atoms. The largest absolute Gasteiger partial charge is 0.465 e. The van der Waals surface area contributed by atoms with E-state index in [0.717, 1.165) is 17.2 Å². The molecule has 5 nitrogen and oxygen atoms in total. The molecule has 1 rings (SSSR count). The van der Waals surface area contributed by atoms with E-state index >= 15 is 0 Å². The number of aromatic nitrogens is 2. The number of carbonyl (C=O) groups is 1. The van der Waals surface area contributed by atoms with Crippen LogP contribution in [-0.4, -0.2) is 34.5 Å². The summed E-state index contributed by atoms with van der Waals surface area (Å²) in [7, 11) is 0. The summed E-state index contributed by atoms with van der Waals surface area (Å²) in [4.78, 5) is 11.1. The van der Waals surface area contributed by atoms with Gasteiger partial charge in [0.1, 0.15) is 10.7 Å². The number of carbonyl (C=O) groups excluding carboxylic acids is 1. The van der Waals surface area contributed by atoms with Gasteiger partial charge >= 0.3 is 5.97 Å². The second kappa shape index (κ2) is 7.45. The van der Waals surface area contributed by atoms with Crippen LogP contribution in [0.3, 0.4) is 0 Å². The number of ether oxygens (including phenoxy) is 1. The van der Waals surface area contributed by atoms with Gasteiger partial charge in [0, 0.05) is 23.8 Å². The lowest BCUT2D eigenvalue weighted by atomic mass is 10.5. The van der Waals surface area contributed by atoms with Crippen LogP contribution in [0, 0.1) is 0 Å². The highest BCUT2D eigenvalue weighted by atomic mass is 32.2. The van der Waals surface area contributed by atoms with Crippen LogP contribution in [-0.2, 0) is 15.3 Å². The van der Waals surface area contributed by atoms with Crippen molar-refractivity contribution in [1.82, 2.24) is 9.59 Å². The summed E-state index contributed by atoms with van der Waals surface area (Å²) in [5.41, 5.74) is 0.904. The number of anilines is 1. The molecule has 0 spiro atoms. The van der Waals surface area contributed by atoms with Gasteiger partial charge in [0.15, 0.2) is 0 Å². The van der Waals surface area contributed by atoms with Gasteiger partial charge in [-0.1, -0.05) is 4.49 Å². The van der Waals surface area contributed by atoms with Crippen molar-refractivity contribution in [3.63, 3.8) is 0 Å². The van der Waals surface area contributed by atoms with Gasteiger partial charge in [-0.25, -0.2) is 0 Å². The zero-order valence-corrected chi connectivity index (χ0v) is 11.0. The Hall–Kier alpha value is -0.820. The van der Waals surface area contributed by atoms with Crippen molar-refractivity contribution in [2.75, 3.05) is 24.2 Å². The summed E-state index contributed by atoms with van der Waals surface area (Å²) in [6.07, 6.45) is 0.